The molecule has 1 amide bonds. The largest absolute Gasteiger partial charge is 0.469 e. The molecule has 0 saturated heterocycles. The molecule has 2 aromatic rings. The predicted molar refractivity (Wildman–Crippen MR) is 108 cm³/mol. The molecule has 0 aliphatic heterocycles. The van der Waals surface area contributed by atoms with E-state index in [4.69, 9.17) is 4.42 Å². The molecule has 1 fully saturated rings. The number of nitrogens with one attached hydrogen (secondary N) is 1. The molecule has 28 heavy (non-hydrogen) atoms. The van der Waals surface area contributed by atoms with Gasteiger partial charge in [0, 0.05) is 31.1 Å². The first-order chi connectivity index (χ1) is 13.4. The maximum absolute atomic E-state index is 13.0. The Bertz CT molecular complexity index is 887. The molecule has 7 heteroatoms. The van der Waals surface area contributed by atoms with Crippen LogP contribution in [-0.2, 0) is 16.4 Å². The fourth-order valence-corrected chi connectivity index (χ4v) is 5.16. The van der Waals surface area contributed by atoms with Gasteiger partial charge in [-0.3, -0.25) is 4.79 Å². The number of amides is 1. The lowest BCUT2D eigenvalue weighted by atomic mass is 9.96. The van der Waals surface area contributed by atoms with Crippen LogP contribution in [0.4, 0.5) is 0 Å². The Hall–Kier alpha value is -2.12. The number of hydrogen-bond donors (Lipinski definition) is 1. The van der Waals surface area contributed by atoms with Gasteiger partial charge in [-0.15, -0.1) is 0 Å². The van der Waals surface area contributed by atoms with E-state index >= 15 is 0 Å². The van der Waals surface area contributed by atoms with Crippen molar-refractivity contribution >= 4 is 15.9 Å². The molecule has 1 aromatic carbocycles. The number of carbonyl (C=O) groups is 1. The summed E-state index contributed by atoms with van der Waals surface area (Å²) in [5.41, 5.74) is 0.337. The molecule has 1 aromatic heterocycles. The van der Waals surface area contributed by atoms with Crippen molar-refractivity contribution in [3.05, 3.63) is 54.0 Å². The number of sulfonamides is 1. The molecule has 0 bridgehead atoms. The van der Waals surface area contributed by atoms with E-state index in [9.17, 15) is 13.2 Å². The van der Waals surface area contributed by atoms with Crippen LogP contribution >= 0.6 is 0 Å². The van der Waals surface area contributed by atoms with Crippen molar-refractivity contribution in [1.82, 2.24) is 9.62 Å². The average Bonchev–Trinajstić information content (AvgIpc) is 3.21. The third-order valence-corrected chi connectivity index (χ3v) is 7.23. The summed E-state index contributed by atoms with van der Waals surface area (Å²) >= 11 is 0. The molecule has 1 unspecified atom stereocenters. The molecular weight excluding hydrogens is 376 g/mol. The van der Waals surface area contributed by atoms with E-state index in [0.717, 1.165) is 37.9 Å². The summed E-state index contributed by atoms with van der Waals surface area (Å²) in [5, 5.41) is 2.90. The van der Waals surface area contributed by atoms with Crippen molar-refractivity contribution in [2.75, 3.05) is 7.05 Å². The van der Waals surface area contributed by atoms with Crippen LogP contribution in [0.3, 0.4) is 0 Å². The summed E-state index contributed by atoms with van der Waals surface area (Å²) in [6.45, 7) is 1.89. The lowest BCUT2D eigenvalue weighted by Gasteiger charge is -2.30. The van der Waals surface area contributed by atoms with Crippen LogP contribution in [-0.4, -0.2) is 37.8 Å². The molecule has 1 atom stereocenters. The number of furan rings is 1. The van der Waals surface area contributed by atoms with E-state index in [1.54, 1.807) is 37.6 Å². The lowest BCUT2D eigenvalue weighted by Crippen LogP contribution is -2.38. The van der Waals surface area contributed by atoms with E-state index in [1.807, 2.05) is 13.0 Å². The quantitative estimate of drug-likeness (QED) is 0.765. The standard InChI is InChI=1S/C21H28N2O4S/c1-16(14-19-11-7-13-27-19)22-21(24)17-8-6-12-20(15-17)28(25,26)23(2)18-9-4-3-5-10-18/h6-8,11-13,15-16,18H,3-5,9-10,14H2,1-2H3,(H,22,24). The summed E-state index contributed by atoms with van der Waals surface area (Å²) in [6, 6.07) is 9.83. The number of carbonyl (C=O) groups excluding carboxylic acids is 1. The summed E-state index contributed by atoms with van der Waals surface area (Å²) in [4.78, 5) is 12.7. The molecule has 1 heterocycles. The van der Waals surface area contributed by atoms with Crippen molar-refractivity contribution in [2.45, 2.75) is 62.4 Å². The van der Waals surface area contributed by atoms with E-state index in [-0.39, 0.29) is 22.9 Å². The molecule has 0 radical (unpaired) electrons. The average molecular weight is 405 g/mol. The van der Waals surface area contributed by atoms with Crippen LogP contribution in [0.2, 0.25) is 0 Å². The third kappa shape index (κ3) is 4.83. The number of benzene rings is 1. The highest BCUT2D eigenvalue weighted by Crippen LogP contribution is 2.26. The van der Waals surface area contributed by atoms with Gasteiger partial charge in [0.2, 0.25) is 10.0 Å². The van der Waals surface area contributed by atoms with Gasteiger partial charge in [-0.25, -0.2) is 8.42 Å². The Morgan fingerprint density at radius 1 is 1.21 bits per heavy atom. The van der Waals surface area contributed by atoms with Crippen LogP contribution < -0.4 is 5.32 Å². The first-order valence-electron chi connectivity index (χ1n) is 9.79. The Labute approximate surface area is 167 Å². The second kappa shape index (κ2) is 8.92. The van der Waals surface area contributed by atoms with E-state index in [1.165, 1.54) is 10.4 Å². The highest BCUT2D eigenvalue weighted by atomic mass is 32.2. The highest BCUT2D eigenvalue weighted by Gasteiger charge is 2.29. The molecular formula is C21H28N2O4S. The van der Waals surface area contributed by atoms with Crippen LogP contribution in [0.15, 0.2) is 52.0 Å². The zero-order valence-corrected chi connectivity index (χ0v) is 17.2. The van der Waals surface area contributed by atoms with Crippen LogP contribution in [0, 0.1) is 0 Å². The van der Waals surface area contributed by atoms with Gasteiger partial charge in [0.15, 0.2) is 0 Å². The van der Waals surface area contributed by atoms with E-state index in [0.29, 0.717) is 12.0 Å². The van der Waals surface area contributed by atoms with E-state index < -0.39 is 10.0 Å². The van der Waals surface area contributed by atoms with Crippen molar-refractivity contribution in [3.8, 4) is 0 Å². The van der Waals surface area contributed by atoms with E-state index in [2.05, 4.69) is 5.32 Å². The maximum atomic E-state index is 13.0. The predicted octanol–water partition coefficient (Wildman–Crippen LogP) is 3.59. The Balaban J connectivity index is 1.70. The van der Waals surface area contributed by atoms with Gasteiger partial charge in [0.1, 0.15) is 5.76 Å². The number of rotatable bonds is 7. The molecule has 1 N–H and O–H groups in total. The summed E-state index contributed by atoms with van der Waals surface area (Å²) in [5.74, 6) is 0.495. The van der Waals surface area contributed by atoms with Gasteiger partial charge in [0.25, 0.3) is 5.91 Å². The maximum Gasteiger partial charge on any atom is 0.251 e. The molecule has 152 valence electrons. The zero-order valence-electron chi connectivity index (χ0n) is 16.4. The van der Waals surface area contributed by atoms with Crippen LogP contribution in [0.5, 0.6) is 0 Å². The Kier molecular flexibility index (Phi) is 6.57. The third-order valence-electron chi connectivity index (χ3n) is 5.33. The van der Waals surface area contributed by atoms with Crippen molar-refractivity contribution in [1.29, 1.82) is 0 Å². The van der Waals surface area contributed by atoms with Gasteiger partial charge in [-0.05, 0) is 50.1 Å². The Morgan fingerprint density at radius 2 is 1.96 bits per heavy atom. The molecule has 3 rings (SSSR count). The smallest absolute Gasteiger partial charge is 0.251 e. The second-order valence-corrected chi connectivity index (χ2v) is 9.50. The first-order valence-corrected chi connectivity index (χ1v) is 11.2. The minimum Gasteiger partial charge on any atom is -0.469 e. The van der Waals surface area contributed by atoms with Crippen molar-refractivity contribution in [2.24, 2.45) is 0 Å². The molecule has 0 spiro atoms. The van der Waals surface area contributed by atoms with Crippen molar-refractivity contribution in [3.63, 3.8) is 0 Å². The summed E-state index contributed by atoms with van der Waals surface area (Å²) < 4.78 is 32.8. The van der Waals surface area contributed by atoms with Crippen LogP contribution in [0.25, 0.3) is 0 Å². The normalized spacial score (nSPS) is 16.8. The van der Waals surface area contributed by atoms with Gasteiger partial charge in [0.05, 0.1) is 11.2 Å². The SMILES string of the molecule is CC(Cc1ccco1)NC(=O)c1cccc(S(=O)(=O)N(C)C2CCCCC2)c1. The molecule has 6 nitrogen and oxygen atoms in total. The summed E-state index contributed by atoms with van der Waals surface area (Å²) in [7, 11) is -1.98. The van der Waals surface area contributed by atoms with Gasteiger partial charge in [-0.2, -0.15) is 4.31 Å². The van der Waals surface area contributed by atoms with Gasteiger partial charge >= 0.3 is 0 Å². The topological polar surface area (TPSA) is 79.6 Å². The van der Waals surface area contributed by atoms with Gasteiger partial charge in [-0.1, -0.05) is 25.3 Å². The van der Waals surface area contributed by atoms with Crippen molar-refractivity contribution < 1.29 is 17.6 Å². The minimum atomic E-state index is -3.63. The summed E-state index contributed by atoms with van der Waals surface area (Å²) in [6.07, 6.45) is 7.22. The second-order valence-electron chi connectivity index (χ2n) is 7.50. The monoisotopic (exact) mass is 404 g/mol. The Morgan fingerprint density at radius 3 is 2.64 bits per heavy atom. The van der Waals surface area contributed by atoms with Crippen LogP contribution in [0.1, 0.15) is 55.1 Å². The molecule has 1 aliphatic carbocycles. The lowest BCUT2D eigenvalue weighted by molar-refractivity contribution is 0.0939. The fourth-order valence-electron chi connectivity index (χ4n) is 3.69. The fraction of sp³-hybridized carbons (Fsp3) is 0.476. The number of nitrogens with zero attached hydrogens (tertiary/aromatic N) is 1. The zero-order chi connectivity index (χ0) is 20.1. The molecule has 1 saturated carbocycles. The minimum absolute atomic E-state index is 0.0320. The number of hydrogen-bond acceptors (Lipinski definition) is 4. The highest BCUT2D eigenvalue weighted by molar-refractivity contribution is 7.89. The first kappa shape index (κ1) is 20.6. The van der Waals surface area contributed by atoms with Gasteiger partial charge < -0.3 is 9.73 Å². The molecule has 1 aliphatic rings.